The molecule has 1 atom stereocenters. The number of carbonyl (C=O) groups is 1. The van der Waals surface area contributed by atoms with E-state index in [1.807, 2.05) is 4.90 Å². The first kappa shape index (κ1) is 13.4. The molecule has 0 bridgehead atoms. The van der Waals surface area contributed by atoms with Crippen molar-refractivity contribution in [2.45, 2.75) is 38.3 Å². The SMILES string of the molecule is CC(NC(C)(CO)CO)C(=O)N1CCCC1. The van der Waals surface area contributed by atoms with Gasteiger partial charge in [-0.1, -0.05) is 0 Å². The molecule has 1 fully saturated rings. The molecule has 1 rings (SSSR count). The summed E-state index contributed by atoms with van der Waals surface area (Å²) in [6, 6.07) is -0.373. The Morgan fingerprint density at radius 3 is 2.31 bits per heavy atom. The van der Waals surface area contributed by atoms with E-state index in [9.17, 15) is 4.79 Å². The van der Waals surface area contributed by atoms with E-state index in [0.29, 0.717) is 0 Å². The number of hydrogen-bond donors (Lipinski definition) is 3. The quantitative estimate of drug-likeness (QED) is 0.586. The fourth-order valence-electron chi connectivity index (χ4n) is 1.94. The minimum Gasteiger partial charge on any atom is -0.394 e. The van der Waals surface area contributed by atoms with Crippen LogP contribution >= 0.6 is 0 Å². The molecule has 1 unspecified atom stereocenters. The van der Waals surface area contributed by atoms with Crippen molar-refractivity contribution < 1.29 is 15.0 Å². The van der Waals surface area contributed by atoms with Crippen LogP contribution in [0.25, 0.3) is 0 Å². The number of carbonyl (C=O) groups excluding carboxylic acids is 1. The van der Waals surface area contributed by atoms with Gasteiger partial charge in [0.15, 0.2) is 0 Å². The Morgan fingerprint density at radius 1 is 1.38 bits per heavy atom. The van der Waals surface area contributed by atoms with Gasteiger partial charge in [-0.2, -0.15) is 0 Å². The van der Waals surface area contributed by atoms with Crippen LogP contribution < -0.4 is 5.32 Å². The van der Waals surface area contributed by atoms with Crippen LogP contribution in [0, 0.1) is 0 Å². The van der Waals surface area contributed by atoms with E-state index in [-0.39, 0.29) is 25.2 Å². The number of aliphatic hydroxyl groups excluding tert-OH is 2. The van der Waals surface area contributed by atoms with Gasteiger partial charge >= 0.3 is 0 Å². The van der Waals surface area contributed by atoms with Gasteiger partial charge in [0, 0.05) is 13.1 Å². The van der Waals surface area contributed by atoms with Crippen molar-refractivity contribution in [1.29, 1.82) is 0 Å². The average Bonchev–Trinajstić information content (AvgIpc) is 2.81. The summed E-state index contributed by atoms with van der Waals surface area (Å²) in [7, 11) is 0. The Morgan fingerprint density at radius 2 is 1.88 bits per heavy atom. The van der Waals surface area contributed by atoms with E-state index >= 15 is 0 Å². The lowest BCUT2D eigenvalue weighted by Gasteiger charge is -2.31. The Labute approximate surface area is 96.4 Å². The van der Waals surface area contributed by atoms with Crippen molar-refractivity contribution in [2.75, 3.05) is 26.3 Å². The number of nitrogens with one attached hydrogen (secondary N) is 1. The van der Waals surface area contributed by atoms with E-state index in [1.54, 1.807) is 13.8 Å². The third-order valence-corrected chi connectivity index (χ3v) is 3.05. The summed E-state index contributed by atoms with van der Waals surface area (Å²) in [5.41, 5.74) is -0.797. The topological polar surface area (TPSA) is 72.8 Å². The maximum atomic E-state index is 12.0. The van der Waals surface area contributed by atoms with Gasteiger partial charge in [0.2, 0.25) is 5.91 Å². The van der Waals surface area contributed by atoms with Crippen molar-refractivity contribution in [3.05, 3.63) is 0 Å². The van der Waals surface area contributed by atoms with E-state index in [2.05, 4.69) is 5.32 Å². The molecule has 16 heavy (non-hydrogen) atoms. The molecule has 0 saturated carbocycles. The summed E-state index contributed by atoms with van der Waals surface area (Å²) >= 11 is 0. The zero-order valence-corrected chi connectivity index (χ0v) is 10.1. The zero-order chi connectivity index (χ0) is 12.2. The number of amides is 1. The maximum absolute atomic E-state index is 12.0. The average molecular weight is 230 g/mol. The number of aliphatic hydroxyl groups is 2. The first-order valence-corrected chi connectivity index (χ1v) is 5.80. The maximum Gasteiger partial charge on any atom is 0.239 e. The van der Waals surface area contributed by atoms with Crippen molar-refractivity contribution in [2.24, 2.45) is 0 Å². The van der Waals surface area contributed by atoms with E-state index in [1.165, 1.54) is 0 Å². The van der Waals surface area contributed by atoms with Crippen LogP contribution in [0.3, 0.4) is 0 Å². The van der Waals surface area contributed by atoms with Crippen molar-refractivity contribution in [3.8, 4) is 0 Å². The summed E-state index contributed by atoms with van der Waals surface area (Å²) in [6.45, 7) is 4.72. The molecule has 94 valence electrons. The van der Waals surface area contributed by atoms with Crippen molar-refractivity contribution in [1.82, 2.24) is 10.2 Å². The van der Waals surface area contributed by atoms with Gasteiger partial charge in [-0.3, -0.25) is 10.1 Å². The largest absolute Gasteiger partial charge is 0.394 e. The lowest BCUT2D eigenvalue weighted by Crippen LogP contribution is -2.57. The number of hydrogen-bond acceptors (Lipinski definition) is 4. The molecular formula is C11H22N2O3. The highest BCUT2D eigenvalue weighted by molar-refractivity contribution is 5.81. The zero-order valence-electron chi connectivity index (χ0n) is 10.1. The summed E-state index contributed by atoms with van der Waals surface area (Å²) in [5, 5.41) is 21.2. The van der Waals surface area contributed by atoms with Gasteiger partial charge in [0.1, 0.15) is 0 Å². The van der Waals surface area contributed by atoms with Gasteiger partial charge in [0.25, 0.3) is 0 Å². The molecule has 1 aliphatic heterocycles. The molecule has 0 aromatic rings. The van der Waals surface area contributed by atoms with Crippen LogP contribution in [-0.2, 0) is 4.79 Å². The first-order valence-electron chi connectivity index (χ1n) is 5.80. The van der Waals surface area contributed by atoms with Crippen LogP contribution in [0.2, 0.25) is 0 Å². The highest BCUT2D eigenvalue weighted by Crippen LogP contribution is 2.11. The lowest BCUT2D eigenvalue weighted by atomic mass is 10.0. The van der Waals surface area contributed by atoms with Gasteiger partial charge in [0.05, 0.1) is 24.8 Å². The van der Waals surface area contributed by atoms with Crippen LogP contribution in [0.4, 0.5) is 0 Å². The fraction of sp³-hybridized carbons (Fsp3) is 0.909. The lowest BCUT2D eigenvalue weighted by molar-refractivity contribution is -0.132. The molecule has 1 heterocycles. The Bertz CT molecular complexity index is 235. The Kier molecular flexibility index (Phi) is 4.70. The number of likely N-dealkylation sites (tertiary alicyclic amines) is 1. The standard InChI is InChI=1S/C11H22N2O3/c1-9(12-11(2,7-14)8-15)10(16)13-5-3-4-6-13/h9,12,14-15H,3-8H2,1-2H3. The van der Waals surface area contributed by atoms with E-state index in [0.717, 1.165) is 25.9 Å². The van der Waals surface area contributed by atoms with Gasteiger partial charge in [-0.25, -0.2) is 0 Å². The Hall–Kier alpha value is -0.650. The second-order valence-electron chi connectivity index (χ2n) is 4.78. The molecule has 0 aromatic carbocycles. The van der Waals surface area contributed by atoms with Crippen LogP contribution in [-0.4, -0.2) is 58.9 Å². The highest BCUT2D eigenvalue weighted by atomic mass is 16.3. The predicted molar refractivity (Wildman–Crippen MR) is 61.0 cm³/mol. The second kappa shape index (κ2) is 5.61. The predicted octanol–water partition coefficient (Wildman–Crippen LogP) is -0.670. The molecule has 5 nitrogen and oxygen atoms in total. The van der Waals surface area contributed by atoms with E-state index in [4.69, 9.17) is 10.2 Å². The highest BCUT2D eigenvalue weighted by Gasteiger charge is 2.30. The molecule has 1 amide bonds. The molecule has 1 aliphatic rings. The van der Waals surface area contributed by atoms with Crippen molar-refractivity contribution >= 4 is 5.91 Å². The second-order valence-corrected chi connectivity index (χ2v) is 4.78. The normalized spacial score (nSPS) is 18.9. The number of rotatable bonds is 5. The fourth-order valence-corrected chi connectivity index (χ4v) is 1.94. The van der Waals surface area contributed by atoms with Gasteiger partial charge in [-0.15, -0.1) is 0 Å². The third kappa shape index (κ3) is 3.17. The summed E-state index contributed by atoms with van der Waals surface area (Å²) in [5.74, 6) is 0.0469. The molecule has 5 heteroatoms. The molecule has 0 aromatic heterocycles. The summed E-state index contributed by atoms with van der Waals surface area (Å²) in [6.07, 6.45) is 2.13. The summed E-state index contributed by atoms with van der Waals surface area (Å²) < 4.78 is 0. The monoisotopic (exact) mass is 230 g/mol. The minimum atomic E-state index is -0.797. The van der Waals surface area contributed by atoms with Crippen LogP contribution in [0.15, 0.2) is 0 Å². The molecule has 0 radical (unpaired) electrons. The van der Waals surface area contributed by atoms with Gasteiger partial charge in [-0.05, 0) is 26.7 Å². The van der Waals surface area contributed by atoms with Gasteiger partial charge < -0.3 is 15.1 Å². The number of nitrogens with zero attached hydrogens (tertiary/aromatic N) is 1. The molecule has 1 saturated heterocycles. The first-order chi connectivity index (χ1) is 7.52. The minimum absolute atomic E-state index is 0.0469. The van der Waals surface area contributed by atoms with E-state index < -0.39 is 5.54 Å². The molecule has 3 N–H and O–H groups in total. The van der Waals surface area contributed by atoms with Crippen molar-refractivity contribution in [3.63, 3.8) is 0 Å². The third-order valence-electron chi connectivity index (χ3n) is 3.05. The van der Waals surface area contributed by atoms with Crippen LogP contribution in [0.5, 0.6) is 0 Å². The Balaban J connectivity index is 2.50. The smallest absolute Gasteiger partial charge is 0.239 e. The molecular weight excluding hydrogens is 208 g/mol. The summed E-state index contributed by atoms with van der Waals surface area (Å²) in [4.78, 5) is 13.8. The molecule has 0 aliphatic carbocycles. The molecule has 0 spiro atoms. The van der Waals surface area contributed by atoms with Crippen LogP contribution in [0.1, 0.15) is 26.7 Å².